The zero-order valence-electron chi connectivity index (χ0n) is 12.0. The van der Waals surface area contributed by atoms with Gasteiger partial charge in [-0.1, -0.05) is 23.9 Å². The summed E-state index contributed by atoms with van der Waals surface area (Å²) in [7, 11) is 4.05. The van der Waals surface area contributed by atoms with Crippen LogP contribution in [0.1, 0.15) is 5.56 Å². The summed E-state index contributed by atoms with van der Waals surface area (Å²) in [6.45, 7) is 3.75. The number of imidazole rings is 1. The van der Waals surface area contributed by atoms with Crippen LogP contribution < -0.4 is 0 Å². The van der Waals surface area contributed by atoms with Gasteiger partial charge in [0.2, 0.25) is 0 Å². The molecule has 0 unspecified atom stereocenters. The lowest BCUT2D eigenvalue weighted by atomic mass is 10.2. The molecular formula is C14H19N3O2S. The number of carboxylic acids is 1. The molecule has 0 aliphatic heterocycles. The van der Waals surface area contributed by atoms with Crippen LogP contribution in [0.4, 0.5) is 0 Å². The van der Waals surface area contributed by atoms with Crippen LogP contribution in [0.25, 0.3) is 11.0 Å². The molecule has 20 heavy (non-hydrogen) atoms. The summed E-state index contributed by atoms with van der Waals surface area (Å²) in [5.74, 6) is -0.789. The van der Waals surface area contributed by atoms with E-state index in [1.165, 1.54) is 11.8 Å². The first-order valence-corrected chi connectivity index (χ1v) is 7.43. The Bertz CT molecular complexity index is 622. The van der Waals surface area contributed by atoms with Crippen molar-refractivity contribution in [2.24, 2.45) is 0 Å². The molecule has 1 aromatic carbocycles. The highest BCUT2D eigenvalue weighted by Gasteiger charge is 2.14. The largest absolute Gasteiger partial charge is 0.481 e. The van der Waals surface area contributed by atoms with Crippen molar-refractivity contribution < 1.29 is 9.90 Å². The molecule has 0 spiro atoms. The molecule has 0 aliphatic carbocycles. The Morgan fingerprint density at radius 3 is 2.85 bits per heavy atom. The Morgan fingerprint density at radius 1 is 1.45 bits per heavy atom. The van der Waals surface area contributed by atoms with Gasteiger partial charge in [-0.05, 0) is 32.6 Å². The number of carbonyl (C=O) groups is 1. The molecule has 2 aromatic rings. The Hall–Kier alpha value is -1.53. The fourth-order valence-corrected chi connectivity index (χ4v) is 2.84. The predicted octanol–water partition coefficient (Wildman–Crippen LogP) is 2.08. The van der Waals surface area contributed by atoms with Gasteiger partial charge in [0.1, 0.15) is 0 Å². The number of hydrogen-bond acceptors (Lipinski definition) is 4. The second-order valence-corrected chi connectivity index (χ2v) is 5.92. The van der Waals surface area contributed by atoms with E-state index in [0.29, 0.717) is 0 Å². The quantitative estimate of drug-likeness (QED) is 0.826. The van der Waals surface area contributed by atoms with Gasteiger partial charge in [0, 0.05) is 13.1 Å². The van der Waals surface area contributed by atoms with Crippen LogP contribution >= 0.6 is 11.8 Å². The average Bonchev–Trinajstić information content (AvgIpc) is 2.73. The average molecular weight is 293 g/mol. The van der Waals surface area contributed by atoms with Gasteiger partial charge in [0.05, 0.1) is 16.8 Å². The summed E-state index contributed by atoms with van der Waals surface area (Å²) in [6, 6.07) is 6.01. The minimum atomic E-state index is -0.821. The highest BCUT2D eigenvalue weighted by atomic mass is 32.2. The third kappa shape index (κ3) is 3.32. The van der Waals surface area contributed by atoms with Gasteiger partial charge in [-0.2, -0.15) is 0 Å². The van der Waals surface area contributed by atoms with E-state index >= 15 is 0 Å². The number of carboxylic acid groups (broad SMARTS) is 1. The summed E-state index contributed by atoms with van der Waals surface area (Å²) in [5.41, 5.74) is 3.19. The second-order valence-electron chi connectivity index (χ2n) is 4.97. The highest BCUT2D eigenvalue weighted by molar-refractivity contribution is 7.99. The van der Waals surface area contributed by atoms with Gasteiger partial charge in [-0.25, -0.2) is 4.98 Å². The fourth-order valence-electron chi connectivity index (χ4n) is 2.09. The molecule has 1 N–H and O–H groups in total. The molecule has 5 nitrogen and oxygen atoms in total. The maximum atomic E-state index is 10.8. The van der Waals surface area contributed by atoms with E-state index in [0.717, 1.165) is 34.8 Å². The summed E-state index contributed by atoms with van der Waals surface area (Å²) >= 11 is 1.28. The molecule has 1 aromatic heterocycles. The molecule has 1 heterocycles. The van der Waals surface area contributed by atoms with Crippen LogP contribution in [0.3, 0.4) is 0 Å². The third-order valence-corrected chi connectivity index (χ3v) is 3.99. The molecule has 0 saturated carbocycles. The molecule has 0 fully saturated rings. The van der Waals surface area contributed by atoms with Gasteiger partial charge in [-0.15, -0.1) is 0 Å². The van der Waals surface area contributed by atoms with Crippen LogP contribution in [0.5, 0.6) is 0 Å². The number of aromatic nitrogens is 2. The lowest BCUT2D eigenvalue weighted by molar-refractivity contribution is -0.133. The lowest BCUT2D eigenvalue weighted by Gasteiger charge is -2.13. The molecule has 0 amide bonds. The number of para-hydroxylation sites is 1. The molecule has 108 valence electrons. The number of likely N-dealkylation sites (N-methyl/N-ethyl adjacent to an activating group) is 1. The molecule has 0 aliphatic rings. The fraction of sp³-hybridized carbons (Fsp3) is 0.429. The molecule has 0 saturated heterocycles. The van der Waals surface area contributed by atoms with Gasteiger partial charge in [-0.3, -0.25) is 4.79 Å². The molecule has 2 rings (SSSR count). The van der Waals surface area contributed by atoms with Crippen molar-refractivity contribution in [1.29, 1.82) is 0 Å². The van der Waals surface area contributed by atoms with Crippen molar-refractivity contribution in [2.75, 3.05) is 26.4 Å². The Kier molecular flexibility index (Phi) is 4.67. The van der Waals surface area contributed by atoms with Gasteiger partial charge >= 0.3 is 5.97 Å². The second kappa shape index (κ2) is 6.28. The van der Waals surface area contributed by atoms with Crippen molar-refractivity contribution in [2.45, 2.75) is 18.6 Å². The Balaban J connectivity index is 2.40. The van der Waals surface area contributed by atoms with Crippen LogP contribution in [-0.2, 0) is 11.3 Å². The van der Waals surface area contributed by atoms with Crippen molar-refractivity contribution in [3.05, 3.63) is 23.8 Å². The number of rotatable bonds is 6. The Labute approximate surface area is 122 Å². The predicted molar refractivity (Wildman–Crippen MR) is 81.4 cm³/mol. The van der Waals surface area contributed by atoms with Crippen molar-refractivity contribution in [1.82, 2.24) is 14.5 Å². The first-order valence-electron chi connectivity index (χ1n) is 6.44. The minimum absolute atomic E-state index is 0.0321. The first kappa shape index (κ1) is 14.9. The van der Waals surface area contributed by atoms with Gasteiger partial charge in [0.25, 0.3) is 0 Å². The zero-order valence-corrected chi connectivity index (χ0v) is 12.8. The van der Waals surface area contributed by atoms with E-state index < -0.39 is 5.97 Å². The van der Waals surface area contributed by atoms with E-state index in [2.05, 4.69) is 27.4 Å². The number of aliphatic carboxylic acids is 1. The lowest BCUT2D eigenvalue weighted by Crippen LogP contribution is -2.19. The van der Waals surface area contributed by atoms with Crippen molar-refractivity contribution in [3.63, 3.8) is 0 Å². The number of fused-ring (bicyclic) bond motifs is 1. The molecular weight excluding hydrogens is 274 g/mol. The third-order valence-electron chi connectivity index (χ3n) is 3.03. The Morgan fingerprint density at radius 2 is 2.20 bits per heavy atom. The zero-order chi connectivity index (χ0) is 14.7. The molecule has 0 bridgehead atoms. The van der Waals surface area contributed by atoms with Crippen LogP contribution in [-0.4, -0.2) is 51.9 Å². The standard InChI is InChI=1S/C14H19N3O2S/c1-10-5-4-6-11-13(10)17(8-7-16(2)3)14(15-11)20-9-12(18)19/h4-6H,7-9H2,1-3H3,(H,18,19). The molecule has 0 radical (unpaired) electrons. The topological polar surface area (TPSA) is 58.4 Å². The van der Waals surface area contributed by atoms with E-state index in [4.69, 9.17) is 5.11 Å². The number of benzene rings is 1. The van der Waals surface area contributed by atoms with Crippen molar-refractivity contribution in [3.8, 4) is 0 Å². The summed E-state index contributed by atoms with van der Waals surface area (Å²) in [5, 5.41) is 9.62. The smallest absolute Gasteiger partial charge is 0.313 e. The van der Waals surface area contributed by atoms with Crippen molar-refractivity contribution >= 4 is 28.8 Å². The van der Waals surface area contributed by atoms with Crippen LogP contribution in [0.2, 0.25) is 0 Å². The normalized spacial score (nSPS) is 11.4. The van der Waals surface area contributed by atoms with Crippen LogP contribution in [0.15, 0.2) is 23.4 Å². The number of hydrogen-bond donors (Lipinski definition) is 1. The van der Waals surface area contributed by atoms with E-state index in [9.17, 15) is 4.79 Å². The number of thioether (sulfide) groups is 1. The highest BCUT2D eigenvalue weighted by Crippen LogP contribution is 2.26. The molecule has 6 heteroatoms. The van der Waals surface area contributed by atoms with Gasteiger partial charge in [0.15, 0.2) is 5.16 Å². The SMILES string of the molecule is Cc1cccc2nc(SCC(=O)O)n(CCN(C)C)c12. The van der Waals surface area contributed by atoms with E-state index in [1.54, 1.807) is 0 Å². The number of nitrogens with zero attached hydrogens (tertiary/aromatic N) is 3. The van der Waals surface area contributed by atoms with E-state index in [-0.39, 0.29) is 5.75 Å². The minimum Gasteiger partial charge on any atom is -0.481 e. The van der Waals surface area contributed by atoms with Gasteiger partial charge < -0.3 is 14.6 Å². The van der Waals surface area contributed by atoms with E-state index in [1.807, 2.05) is 26.2 Å². The summed E-state index contributed by atoms with van der Waals surface area (Å²) < 4.78 is 2.12. The number of aryl methyl sites for hydroxylation is 1. The first-order chi connectivity index (χ1) is 9.49. The summed E-state index contributed by atoms with van der Waals surface area (Å²) in [6.07, 6.45) is 0. The maximum absolute atomic E-state index is 10.8. The monoisotopic (exact) mass is 293 g/mol. The maximum Gasteiger partial charge on any atom is 0.313 e. The molecule has 0 atom stereocenters. The summed E-state index contributed by atoms with van der Waals surface area (Å²) in [4.78, 5) is 17.4. The van der Waals surface area contributed by atoms with Crippen LogP contribution in [0, 0.1) is 6.92 Å².